The molecule has 0 aromatic heterocycles. The summed E-state index contributed by atoms with van der Waals surface area (Å²) in [6, 6.07) is 7.15. The molecule has 0 spiro atoms. The molecule has 0 radical (unpaired) electrons. The van der Waals surface area contributed by atoms with E-state index in [1.165, 1.54) is 0 Å². The van der Waals surface area contributed by atoms with Crippen molar-refractivity contribution in [3.63, 3.8) is 0 Å². The molecule has 1 saturated heterocycles. The van der Waals surface area contributed by atoms with Gasteiger partial charge in [-0.15, -0.1) is 0 Å². The van der Waals surface area contributed by atoms with Crippen LogP contribution >= 0.6 is 0 Å². The molecule has 1 fully saturated rings. The van der Waals surface area contributed by atoms with Crippen LogP contribution in [0.25, 0.3) is 0 Å². The molecule has 1 heterocycles. The Morgan fingerprint density at radius 2 is 1.92 bits per heavy atom. The first-order chi connectivity index (χ1) is 11.3. The molecule has 2 rings (SSSR count). The lowest BCUT2D eigenvalue weighted by Gasteiger charge is -2.36. The summed E-state index contributed by atoms with van der Waals surface area (Å²) in [6.45, 7) is 3.53. The number of carbonyl (C=O) groups is 1. The highest BCUT2D eigenvalue weighted by Gasteiger charge is 2.34. The second-order valence-electron chi connectivity index (χ2n) is 6.27. The van der Waals surface area contributed by atoms with Gasteiger partial charge in [0.05, 0.1) is 6.54 Å². The van der Waals surface area contributed by atoms with Crippen molar-refractivity contribution in [2.24, 2.45) is 11.7 Å². The van der Waals surface area contributed by atoms with Gasteiger partial charge in [0.15, 0.2) is 5.37 Å². The summed E-state index contributed by atoms with van der Waals surface area (Å²) < 4.78 is 33.5. The highest BCUT2D eigenvalue weighted by Crippen LogP contribution is 2.30. The number of aryl methyl sites for hydroxylation is 1. The average Bonchev–Trinajstić information content (AvgIpc) is 2.54. The zero-order chi connectivity index (χ0) is 17.7. The van der Waals surface area contributed by atoms with Crippen molar-refractivity contribution in [3.8, 4) is 0 Å². The minimum absolute atomic E-state index is 0.0307. The first-order valence-electron chi connectivity index (χ1n) is 8.05. The predicted octanol–water partition coefficient (Wildman–Crippen LogP) is 0.668. The standard InChI is InChI=1S/C16H25N3O4S/c1-12-2-4-14(5-3-12)16(24(21,22)23)19-8-6-13(7-9-19)11-18-15(20)10-17/h2-5,13,16H,6-11,17H2,1H3,(H,18,20)(H,21,22,23). The SMILES string of the molecule is Cc1ccc(C(N2CCC(CNC(=O)CN)CC2)S(=O)(=O)O)cc1. The fraction of sp³-hybridized carbons (Fsp3) is 0.562. The lowest BCUT2D eigenvalue weighted by Crippen LogP contribution is -2.43. The van der Waals surface area contributed by atoms with Gasteiger partial charge in [-0.05, 0) is 31.2 Å². The number of nitrogens with zero attached hydrogens (tertiary/aromatic N) is 1. The Bertz CT molecular complexity index is 652. The first kappa shape index (κ1) is 18.9. The largest absolute Gasteiger partial charge is 0.355 e. The number of nitrogens with one attached hydrogen (secondary N) is 1. The third kappa shape index (κ3) is 5.01. The molecular formula is C16H25N3O4S. The molecular weight excluding hydrogens is 330 g/mol. The number of hydrogen-bond donors (Lipinski definition) is 3. The summed E-state index contributed by atoms with van der Waals surface area (Å²) in [6.07, 6.45) is 1.51. The number of amides is 1. The molecule has 7 nitrogen and oxygen atoms in total. The van der Waals surface area contributed by atoms with E-state index in [0.717, 1.165) is 18.4 Å². The van der Waals surface area contributed by atoms with Gasteiger partial charge in [-0.3, -0.25) is 14.2 Å². The molecule has 0 aliphatic carbocycles. The fourth-order valence-corrected chi connectivity index (χ4v) is 4.11. The van der Waals surface area contributed by atoms with E-state index in [1.807, 2.05) is 19.1 Å². The van der Waals surface area contributed by atoms with Crippen molar-refractivity contribution in [1.82, 2.24) is 10.2 Å². The lowest BCUT2D eigenvalue weighted by atomic mass is 9.96. The van der Waals surface area contributed by atoms with E-state index >= 15 is 0 Å². The van der Waals surface area contributed by atoms with Crippen molar-refractivity contribution < 1.29 is 17.8 Å². The third-order valence-electron chi connectivity index (χ3n) is 4.40. The maximum absolute atomic E-state index is 11.9. The molecule has 1 aromatic rings. The van der Waals surface area contributed by atoms with Gasteiger partial charge in [0, 0.05) is 19.6 Å². The number of nitrogens with two attached hydrogens (primary N) is 1. The number of benzene rings is 1. The van der Waals surface area contributed by atoms with Crippen LogP contribution in [0.15, 0.2) is 24.3 Å². The topological polar surface area (TPSA) is 113 Å². The van der Waals surface area contributed by atoms with Gasteiger partial charge in [-0.25, -0.2) is 0 Å². The van der Waals surface area contributed by atoms with Gasteiger partial charge in [0.1, 0.15) is 0 Å². The molecule has 4 N–H and O–H groups in total. The van der Waals surface area contributed by atoms with Crippen LogP contribution in [0, 0.1) is 12.8 Å². The minimum atomic E-state index is -4.24. The van der Waals surface area contributed by atoms with Crippen LogP contribution in [-0.2, 0) is 14.9 Å². The number of carbonyl (C=O) groups excluding carboxylic acids is 1. The molecule has 1 aromatic carbocycles. The first-order valence-corrected chi connectivity index (χ1v) is 9.55. The van der Waals surface area contributed by atoms with Crippen LogP contribution < -0.4 is 11.1 Å². The maximum atomic E-state index is 11.9. The zero-order valence-electron chi connectivity index (χ0n) is 13.8. The van der Waals surface area contributed by atoms with Crippen LogP contribution in [0.3, 0.4) is 0 Å². The van der Waals surface area contributed by atoms with E-state index in [0.29, 0.717) is 25.2 Å². The Balaban J connectivity index is 2.03. The van der Waals surface area contributed by atoms with Crippen LogP contribution in [0.2, 0.25) is 0 Å². The van der Waals surface area contributed by atoms with Gasteiger partial charge < -0.3 is 11.1 Å². The molecule has 1 atom stereocenters. The van der Waals surface area contributed by atoms with Gasteiger partial charge in [0.2, 0.25) is 5.91 Å². The molecule has 1 aliphatic heterocycles. The van der Waals surface area contributed by atoms with Crippen molar-refractivity contribution in [1.29, 1.82) is 0 Å². The highest BCUT2D eigenvalue weighted by atomic mass is 32.2. The van der Waals surface area contributed by atoms with E-state index in [2.05, 4.69) is 5.32 Å². The summed E-state index contributed by atoms with van der Waals surface area (Å²) in [7, 11) is -4.24. The van der Waals surface area contributed by atoms with Crippen molar-refractivity contribution >= 4 is 16.0 Å². The van der Waals surface area contributed by atoms with Gasteiger partial charge >= 0.3 is 0 Å². The number of piperidine rings is 1. The van der Waals surface area contributed by atoms with Gasteiger partial charge in [-0.2, -0.15) is 8.42 Å². The third-order valence-corrected chi connectivity index (χ3v) is 5.53. The van der Waals surface area contributed by atoms with E-state index < -0.39 is 15.5 Å². The Morgan fingerprint density at radius 1 is 1.33 bits per heavy atom. The smallest absolute Gasteiger partial charge is 0.285 e. The second-order valence-corrected chi connectivity index (χ2v) is 7.74. The Morgan fingerprint density at radius 3 is 2.42 bits per heavy atom. The average molecular weight is 355 g/mol. The zero-order valence-corrected chi connectivity index (χ0v) is 14.6. The normalized spacial score (nSPS) is 18.3. The van der Waals surface area contributed by atoms with Crippen molar-refractivity contribution in [2.75, 3.05) is 26.2 Å². The Kier molecular flexibility index (Phi) is 6.34. The minimum Gasteiger partial charge on any atom is -0.355 e. The Labute approximate surface area is 143 Å². The van der Waals surface area contributed by atoms with Crippen LogP contribution in [0.4, 0.5) is 0 Å². The van der Waals surface area contributed by atoms with E-state index in [-0.39, 0.29) is 18.4 Å². The quantitative estimate of drug-likeness (QED) is 0.647. The summed E-state index contributed by atoms with van der Waals surface area (Å²) in [5.74, 6) is 0.102. The van der Waals surface area contributed by atoms with E-state index in [1.54, 1.807) is 17.0 Å². The van der Waals surface area contributed by atoms with E-state index in [9.17, 15) is 17.8 Å². The molecule has 1 unspecified atom stereocenters. The van der Waals surface area contributed by atoms with Crippen LogP contribution in [0.5, 0.6) is 0 Å². The number of rotatable bonds is 6. The predicted molar refractivity (Wildman–Crippen MR) is 91.8 cm³/mol. The highest BCUT2D eigenvalue weighted by molar-refractivity contribution is 7.86. The van der Waals surface area contributed by atoms with Gasteiger partial charge in [0.25, 0.3) is 10.1 Å². The van der Waals surface area contributed by atoms with Gasteiger partial charge in [-0.1, -0.05) is 29.8 Å². The molecule has 134 valence electrons. The second kappa shape index (κ2) is 8.06. The maximum Gasteiger partial charge on any atom is 0.285 e. The number of likely N-dealkylation sites (tertiary alicyclic amines) is 1. The van der Waals surface area contributed by atoms with E-state index in [4.69, 9.17) is 5.73 Å². The van der Waals surface area contributed by atoms with Crippen LogP contribution in [0.1, 0.15) is 29.3 Å². The molecule has 8 heteroatoms. The summed E-state index contributed by atoms with van der Waals surface area (Å²) in [5.41, 5.74) is 6.85. The molecule has 0 saturated carbocycles. The summed E-state index contributed by atoms with van der Waals surface area (Å²) >= 11 is 0. The summed E-state index contributed by atoms with van der Waals surface area (Å²) in [4.78, 5) is 13.0. The lowest BCUT2D eigenvalue weighted by molar-refractivity contribution is -0.120. The summed E-state index contributed by atoms with van der Waals surface area (Å²) in [5, 5.41) is 1.72. The number of hydrogen-bond acceptors (Lipinski definition) is 5. The molecule has 1 aliphatic rings. The molecule has 24 heavy (non-hydrogen) atoms. The monoisotopic (exact) mass is 355 g/mol. The van der Waals surface area contributed by atoms with Crippen LogP contribution in [-0.4, -0.2) is 50.0 Å². The fourth-order valence-electron chi connectivity index (χ4n) is 3.02. The van der Waals surface area contributed by atoms with Crippen molar-refractivity contribution in [3.05, 3.63) is 35.4 Å². The molecule has 0 bridgehead atoms. The molecule has 1 amide bonds. The Hall–Kier alpha value is -1.48. The van der Waals surface area contributed by atoms with Crippen molar-refractivity contribution in [2.45, 2.75) is 25.1 Å².